The van der Waals surface area contributed by atoms with Crippen molar-refractivity contribution in [3.05, 3.63) is 29.3 Å². The monoisotopic (exact) mass is 256 g/mol. The smallest absolute Gasteiger partial charge is 0.251 e. The Balaban J connectivity index is 2.12. The Morgan fingerprint density at radius 2 is 2.32 bits per heavy atom. The maximum absolute atomic E-state index is 12.0. The molecule has 2 N–H and O–H groups in total. The fourth-order valence-electron chi connectivity index (χ4n) is 2.06. The van der Waals surface area contributed by atoms with Crippen LogP contribution >= 0.6 is 0 Å². The first-order valence-corrected chi connectivity index (χ1v) is 6.27. The highest BCUT2D eigenvalue weighted by Gasteiger charge is 2.17. The van der Waals surface area contributed by atoms with Crippen molar-refractivity contribution < 1.29 is 9.59 Å². The molecule has 1 aromatic carbocycles. The minimum Gasteiger partial charge on any atom is -0.349 e. The molecule has 4 nitrogen and oxygen atoms in total. The van der Waals surface area contributed by atoms with Gasteiger partial charge in [0.15, 0.2) is 0 Å². The second-order valence-electron chi connectivity index (χ2n) is 4.70. The normalized spacial score (nSPS) is 14.8. The highest BCUT2D eigenvalue weighted by molar-refractivity contribution is 5.98. The van der Waals surface area contributed by atoms with E-state index in [4.69, 9.17) is 6.42 Å². The Labute approximate surface area is 112 Å². The first-order valence-electron chi connectivity index (χ1n) is 6.27. The third-order valence-electron chi connectivity index (χ3n) is 3.06. The first-order chi connectivity index (χ1) is 9.10. The molecule has 2 amide bonds. The highest BCUT2D eigenvalue weighted by atomic mass is 16.2. The largest absolute Gasteiger partial charge is 0.349 e. The van der Waals surface area contributed by atoms with E-state index in [-0.39, 0.29) is 17.9 Å². The molecule has 1 atom stereocenters. The first kappa shape index (κ1) is 13.2. The van der Waals surface area contributed by atoms with E-state index in [1.165, 1.54) is 0 Å². The molecule has 0 radical (unpaired) electrons. The van der Waals surface area contributed by atoms with Crippen LogP contribution in [0.4, 0.5) is 5.69 Å². The number of anilines is 1. The van der Waals surface area contributed by atoms with E-state index in [1.54, 1.807) is 12.1 Å². The van der Waals surface area contributed by atoms with Gasteiger partial charge in [0.1, 0.15) is 0 Å². The van der Waals surface area contributed by atoms with E-state index in [9.17, 15) is 9.59 Å². The summed E-state index contributed by atoms with van der Waals surface area (Å²) in [5.41, 5.74) is 2.39. The van der Waals surface area contributed by atoms with Crippen molar-refractivity contribution >= 4 is 17.5 Å². The summed E-state index contributed by atoms with van der Waals surface area (Å²) in [4.78, 5) is 23.3. The van der Waals surface area contributed by atoms with Gasteiger partial charge in [0.25, 0.3) is 5.91 Å². The van der Waals surface area contributed by atoms with Crippen molar-refractivity contribution in [3.8, 4) is 12.3 Å². The number of hydrogen-bond acceptors (Lipinski definition) is 2. The van der Waals surface area contributed by atoms with Crippen molar-refractivity contribution in [2.75, 3.05) is 5.32 Å². The third-order valence-corrected chi connectivity index (χ3v) is 3.06. The number of fused-ring (bicyclic) bond motifs is 1. The molecular formula is C15H16N2O2. The number of rotatable bonds is 3. The van der Waals surface area contributed by atoms with E-state index >= 15 is 0 Å². The molecule has 98 valence electrons. The van der Waals surface area contributed by atoms with Gasteiger partial charge in [-0.2, -0.15) is 0 Å². The van der Waals surface area contributed by atoms with Crippen molar-refractivity contribution in [2.45, 2.75) is 32.2 Å². The van der Waals surface area contributed by atoms with Crippen LogP contribution in [0.5, 0.6) is 0 Å². The summed E-state index contributed by atoms with van der Waals surface area (Å²) in [6, 6.07) is 5.26. The van der Waals surface area contributed by atoms with E-state index in [0.29, 0.717) is 24.8 Å². The van der Waals surface area contributed by atoms with Crippen LogP contribution in [-0.2, 0) is 11.2 Å². The van der Waals surface area contributed by atoms with Crippen LogP contribution in [0.15, 0.2) is 18.2 Å². The Hall–Kier alpha value is -2.28. The van der Waals surface area contributed by atoms with Crippen LogP contribution in [0.25, 0.3) is 0 Å². The van der Waals surface area contributed by atoms with E-state index in [1.807, 2.05) is 13.0 Å². The molecule has 0 fully saturated rings. The quantitative estimate of drug-likeness (QED) is 0.809. The topological polar surface area (TPSA) is 58.2 Å². The van der Waals surface area contributed by atoms with E-state index < -0.39 is 0 Å². The lowest BCUT2D eigenvalue weighted by Crippen LogP contribution is -2.32. The molecule has 1 aromatic rings. The molecule has 1 heterocycles. The summed E-state index contributed by atoms with van der Waals surface area (Å²) < 4.78 is 0. The summed E-state index contributed by atoms with van der Waals surface area (Å²) in [5.74, 6) is 2.40. The Bertz CT molecular complexity index is 558. The van der Waals surface area contributed by atoms with Gasteiger partial charge in [-0.05, 0) is 37.1 Å². The van der Waals surface area contributed by atoms with Crippen molar-refractivity contribution in [1.82, 2.24) is 5.32 Å². The number of aryl methyl sites for hydroxylation is 1. The molecule has 19 heavy (non-hydrogen) atoms. The average Bonchev–Trinajstić information content (AvgIpc) is 2.38. The fourth-order valence-corrected chi connectivity index (χ4v) is 2.06. The molecule has 0 saturated carbocycles. The molecule has 0 saturated heterocycles. The third kappa shape index (κ3) is 3.14. The number of carbonyl (C=O) groups is 2. The van der Waals surface area contributed by atoms with Crippen molar-refractivity contribution in [2.24, 2.45) is 0 Å². The van der Waals surface area contributed by atoms with Gasteiger partial charge in [0.05, 0.1) is 0 Å². The summed E-state index contributed by atoms with van der Waals surface area (Å²) in [6.07, 6.45) is 6.85. The van der Waals surface area contributed by atoms with Crippen LogP contribution < -0.4 is 10.6 Å². The number of terminal acetylenes is 1. The second-order valence-corrected chi connectivity index (χ2v) is 4.70. The van der Waals surface area contributed by atoms with Crippen LogP contribution in [0.2, 0.25) is 0 Å². The standard InChI is InChI=1S/C15H16N2O2/c1-3-4-10(2)16-15(19)12-5-7-13-11(9-12)6-8-14(18)17-13/h1,5,7,9-10H,4,6,8H2,2H3,(H,16,19)(H,17,18). The minimum atomic E-state index is -0.137. The Morgan fingerprint density at radius 1 is 1.53 bits per heavy atom. The van der Waals surface area contributed by atoms with Gasteiger partial charge in [0.2, 0.25) is 5.91 Å². The van der Waals surface area contributed by atoms with Crippen LogP contribution in [0, 0.1) is 12.3 Å². The second kappa shape index (κ2) is 5.57. The molecule has 1 aliphatic rings. The number of nitrogens with one attached hydrogen (secondary N) is 2. The van der Waals surface area contributed by atoms with Gasteiger partial charge < -0.3 is 10.6 Å². The van der Waals surface area contributed by atoms with E-state index in [2.05, 4.69) is 16.6 Å². The summed E-state index contributed by atoms with van der Waals surface area (Å²) in [7, 11) is 0. The van der Waals surface area contributed by atoms with Crippen LogP contribution in [0.1, 0.15) is 35.7 Å². The molecule has 0 bridgehead atoms. The predicted molar refractivity (Wildman–Crippen MR) is 73.8 cm³/mol. The molecule has 1 unspecified atom stereocenters. The average molecular weight is 256 g/mol. The zero-order valence-corrected chi connectivity index (χ0v) is 10.8. The molecule has 0 aromatic heterocycles. The van der Waals surface area contributed by atoms with Crippen molar-refractivity contribution in [1.29, 1.82) is 0 Å². The lowest BCUT2D eigenvalue weighted by atomic mass is 10.00. The van der Waals surface area contributed by atoms with Gasteiger partial charge in [-0.25, -0.2) is 0 Å². The SMILES string of the molecule is C#CCC(C)NC(=O)c1ccc2c(c1)CCC(=O)N2. The van der Waals surface area contributed by atoms with E-state index in [0.717, 1.165) is 11.3 Å². The highest BCUT2D eigenvalue weighted by Crippen LogP contribution is 2.23. The molecule has 2 rings (SSSR count). The van der Waals surface area contributed by atoms with Gasteiger partial charge in [-0.15, -0.1) is 12.3 Å². The zero-order valence-electron chi connectivity index (χ0n) is 10.8. The predicted octanol–water partition coefficient (Wildman–Crippen LogP) is 1.71. The lowest BCUT2D eigenvalue weighted by molar-refractivity contribution is -0.116. The number of carbonyl (C=O) groups excluding carboxylic acids is 2. The zero-order chi connectivity index (χ0) is 13.8. The molecule has 1 aliphatic heterocycles. The number of benzene rings is 1. The molecule has 4 heteroatoms. The molecule has 0 aliphatic carbocycles. The Kier molecular flexibility index (Phi) is 3.86. The summed E-state index contributed by atoms with van der Waals surface area (Å²) in [5, 5.41) is 5.63. The van der Waals surface area contributed by atoms with Gasteiger partial charge >= 0.3 is 0 Å². The number of hydrogen-bond donors (Lipinski definition) is 2. The van der Waals surface area contributed by atoms with Gasteiger partial charge in [-0.3, -0.25) is 9.59 Å². The van der Waals surface area contributed by atoms with Crippen LogP contribution in [0.3, 0.4) is 0 Å². The fraction of sp³-hybridized carbons (Fsp3) is 0.333. The number of amides is 2. The maximum Gasteiger partial charge on any atom is 0.251 e. The minimum absolute atomic E-state index is 0.0207. The van der Waals surface area contributed by atoms with Crippen LogP contribution in [-0.4, -0.2) is 17.9 Å². The summed E-state index contributed by atoms with van der Waals surface area (Å²) in [6.45, 7) is 1.87. The summed E-state index contributed by atoms with van der Waals surface area (Å²) >= 11 is 0. The maximum atomic E-state index is 12.0. The lowest BCUT2D eigenvalue weighted by Gasteiger charge is -2.18. The molecular weight excluding hydrogens is 240 g/mol. The van der Waals surface area contributed by atoms with Crippen molar-refractivity contribution in [3.63, 3.8) is 0 Å². The molecule has 0 spiro atoms. The Morgan fingerprint density at radius 3 is 3.05 bits per heavy atom. The van der Waals surface area contributed by atoms with Gasteiger partial charge in [-0.1, -0.05) is 0 Å². The van der Waals surface area contributed by atoms with Gasteiger partial charge in [0, 0.05) is 30.1 Å².